The Bertz CT molecular complexity index is 1190. The molecule has 0 fully saturated rings. The van der Waals surface area contributed by atoms with Crippen LogP contribution in [0.4, 0.5) is 5.69 Å². The Balaban J connectivity index is 1.72. The molecule has 2 aliphatic heterocycles. The minimum absolute atomic E-state index is 0.0213. The molecule has 4 heteroatoms. The van der Waals surface area contributed by atoms with Crippen molar-refractivity contribution in [1.82, 2.24) is 0 Å². The zero-order chi connectivity index (χ0) is 21.5. The van der Waals surface area contributed by atoms with E-state index in [1.165, 1.54) is 11.1 Å². The molecule has 5 rings (SSSR count). The molecule has 154 valence electrons. The van der Waals surface area contributed by atoms with Crippen molar-refractivity contribution in [1.29, 1.82) is 5.26 Å². The van der Waals surface area contributed by atoms with Gasteiger partial charge in [0.05, 0.1) is 24.4 Å². The number of benzene rings is 3. The number of allylic oxidation sites excluding steroid dienone is 1. The fraction of sp³-hybridized carbons (Fsp3) is 0.222. The number of anilines is 1. The first-order valence-corrected chi connectivity index (χ1v) is 10.5. The molecule has 0 saturated heterocycles. The van der Waals surface area contributed by atoms with Crippen molar-refractivity contribution in [2.24, 2.45) is 5.92 Å². The highest BCUT2D eigenvalue weighted by Gasteiger charge is 2.47. The molecule has 0 saturated carbocycles. The number of rotatable bonds is 3. The van der Waals surface area contributed by atoms with Crippen molar-refractivity contribution < 1.29 is 9.47 Å². The minimum Gasteiger partial charge on any atom is -0.497 e. The quantitative estimate of drug-likeness (QED) is 0.524. The molecule has 3 atom stereocenters. The van der Waals surface area contributed by atoms with Gasteiger partial charge < -0.3 is 14.4 Å². The van der Waals surface area contributed by atoms with Gasteiger partial charge in [-0.3, -0.25) is 0 Å². The largest absolute Gasteiger partial charge is 0.497 e. The highest BCUT2D eigenvalue weighted by Crippen LogP contribution is 2.55. The standard InChI is InChI=1S/C27H24N2O2/c1-17-8-10-19(11-9-17)25-18(2)26(20-12-14-21(30-3)15-13-20)29-23-6-4-5-7-24(23)31-27(29)22(25)16-28/h4-15,18,25-26H,1-3H3/t18-,25+,26-/m1/s1. The fourth-order valence-electron chi connectivity index (χ4n) is 4.89. The lowest BCUT2D eigenvalue weighted by molar-refractivity contribution is 0.328. The average Bonchev–Trinajstić information content (AvgIpc) is 3.18. The Morgan fingerprint density at radius 1 is 0.935 bits per heavy atom. The summed E-state index contributed by atoms with van der Waals surface area (Å²) in [6, 6.07) is 27.2. The molecule has 0 bridgehead atoms. The van der Waals surface area contributed by atoms with Gasteiger partial charge in [-0.1, -0.05) is 61.0 Å². The fourth-order valence-corrected chi connectivity index (χ4v) is 4.89. The SMILES string of the molecule is COc1ccc([C@H]2[C@H](C)[C@@H](c3ccc(C)cc3)C(C#N)=C3Oc4ccccc4N32)cc1. The summed E-state index contributed by atoms with van der Waals surface area (Å²) in [6.45, 7) is 4.31. The van der Waals surface area contributed by atoms with E-state index in [1.807, 2.05) is 30.3 Å². The number of methoxy groups -OCH3 is 1. The average molecular weight is 409 g/mol. The van der Waals surface area contributed by atoms with E-state index in [4.69, 9.17) is 9.47 Å². The normalized spacial score (nSPS) is 21.7. The van der Waals surface area contributed by atoms with Gasteiger partial charge in [0.1, 0.15) is 11.8 Å². The van der Waals surface area contributed by atoms with E-state index in [2.05, 4.69) is 67.3 Å². The maximum absolute atomic E-state index is 10.2. The molecule has 0 aliphatic carbocycles. The molecule has 4 nitrogen and oxygen atoms in total. The van der Waals surface area contributed by atoms with E-state index in [0.717, 1.165) is 22.7 Å². The van der Waals surface area contributed by atoms with Crippen molar-refractivity contribution in [2.75, 3.05) is 12.0 Å². The van der Waals surface area contributed by atoms with Crippen molar-refractivity contribution in [3.8, 4) is 17.6 Å². The summed E-state index contributed by atoms with van der Waals surface area (Å²) in [5.41, 5.74) is 5.19. The summed E-state index contributed by atoms with van der Waals surface area (Å²) in [5, 5.41) is 10.2. The van der Waals surface area contributed by atoms with Crippen molar-refractivity contribution in [2.45, 2.75) is 25.8 Å². The van der Waals surface area contributed by atoms with Crippen LogP contribution in [0.5, 0.6) is 11.5 Å². The van der Waals surface area contributed by atoms with Gasteiger partial charge in [0, 0.05) is 5.92 Å². The molecule has 0 N–H and O–H groups in total. The lowest BCUT2D eigenvalue weighted by Gasteiger charge is -2.42. The lowest BCUT2D eigenvalue weighted by atomic mass is 9.73. The molecule has 0 radical (unpaired) electrons. The first-order valence-electron chi connectivity index (χ1n) is 10.5. The summed E-state index contributed by atoms with van der Waals surface area (Å²) < 4.78 is 11.7. The van der Waals surface area contributed by atoms with Crippen LogP contribution >= 0.6 is 0 Å². The van der Waals surface area contributed by atoms with Crippen LogP contribution < -0.4 is 14.4 Å². The second-order valence-electron chi connectivity index (χ2n) is 8.24. The predicted octanol–water partition coefficient (Wildman–Crippen LogP) is 6.11. The number of para-hydroxylation sites is 2. The van der Waals surface area contributed by atoms with Crippen LogP contribution in [0, 0.1) is 24.2 Å². The van der Waals surface area contributed by atoms with E-state index < -0.39 is 0 Å². The molecule has 3 aromatic carbocycles. The van der Waals surface area contributed by atoms with Gasteiger partial charge >= 0.3 is 0 Å². The third kappa shape index (κ3) is 3.05. The monoisotopic (exact) mass is 408 g/mol. The summed E-state index contributed by atoms with van der Waals surface area (Å²) in [4.78, 5) is 2.20. The van der Waals surface area contributed by atoms with E-state index in [-0.39, 0.29) is 17.9 Å². The molecule has 2 heterocycles. The number of nitriles is 1. The van der Waals surface area contributed by atoms with Gasteiger partial charge in [-0.2, -0.15) is 5.26 Å². The second kappa shape index (κ2) is 7.52. The number of hydrogen-bond acceptors (Lipinski definition) is 4. The Kier molecular flexibility index (Phi) is 4.67. The maximum Gasteiger partial charge on any atom is 0.215 e. The zero-order valence-electron chi connectivity index (χ0n) is 17.9. The number of nitrogens with zero attached hydrogens (tertiary/aromatic N) is 2. The Hall–Kier alpha value is -3.71. The summed E-state index contributed by atoms with van der Waals surface area (Å²) >= 11 is 0. The summed E-state index contributed by atoms with van der Waals surface area (Å²) in [7, 11) is 1.68. The number of ether oxygens (including phenoxy) is 2. The number of hydrogen-bond donors (Lipinski definition) is 0. The van der Waals surface area contributed by atoms with Crippen LogP contribution in [0.15, 0.2) is 84.3 Å². The number of aryl methyl sites for hydroxylation is 1. The first-order chi connectivity index (χ1) is 15.1. The first kappa shape index (κ1) is 19.3. The molecular weight excluding hydrogens is 384 g/mol. The molecule has 0 unspecified atom stereocenters. The maximum atomic E-state index is 10.2. The molecule has 0 amide bonds. The van der Waals surface area contributed by atoms with E-state index in [0.29, 0.717) is 11.5 Å². The molecule has 3 aromatic rings. The smallest absolute Gasteiger partial charge is 0.215 e. The second-order valence-corrected chi connectivity index (χ2v) is 8.24. The third-order valence-electron chi connectivity index (χ3n) is 6.41. The van der Waals surface area contributed by atoms with Crippen LogP contribution in [0.3, 0.4) is 0 Å². The van der Waals surface area contributed by atoms with Crippen molar-refractivity contribution in [3.05, 3.63) is 101 Å². The minimum atomic E-state index is -0.0572. The van der Waals surface area contributed by atoms with Gasteiger partial charge in [-0.15, -0.1) is 0 Å². The summed E-state index contributed by atoms with van der Waals surface area (Å²) in [5.74, 6) is 2.35. The van der Waals surface area contributed by atoms with Crippen LogP contribution in [-0.2, 0) is 0 Å². The van der Waals surface area contributed by atoms with Crippen molar-refractivity contribution in [3.63, 3.8) is 0 Å². The van der Waals surface area contributed by atoms with Gasteiger partial charge in [0.15, 0.2) is 5.75 Å². The predicted molar refractivity (Wildman–Crippen MR) is 121 cm³/mol. The highest BCUT2D eigenvalue weighted by atomic mass is 16.5. The van der Waals surface area contributed by atoms with Crippen LogP contribution in [-0.4, -0.2) is 7.11 Å². The Morgan fingerprint density at radius 3 is 2.29 bits per heavy atom. The van der Waals surface area contributed by atoms with Crippen LogP contribution in [0.25, 0.3) is 0 Å². The van der Waals surface area contributed by atoms with E-state index in [9.17, 15) is 5.26 Å². The van der Waals surface area contributed by atoms with Crippen LogP contribution in [0.1, 0.15) is 35.6 Å². The van der Waals surface area contributed by atoms with Crippen LogP contribution in [0.2, 0.25) is 0 Å². The van der Waals surface area contributed by atoms with Gasteiger partial charge in [-0.25, -0.2) is 0 Å². The van der Waals surface area contributed by atoms with E-state index >= 15 is 0 Å². The Morgan fingerprint density at radius 2 is 1.61 bits per heavy atom. The molecule has 0 spiro atoms. The molecule has 31 heavy (non-hydrogen) atoms. The van der Waals surface area contributed by atoms with E-state index in [1.54, 1.807) is 7.11 Å². The Labute approximate surface area is 183 Å². The zero-order valence-corrected chi connectivity index (χ0v) is 17.9. The molecule has 2 aliphatic rings. The van der Waals surface area contributed by atoms with Crippen molar-refractivity contribution >= 4 is 5.69 Å². The topological polar surface area (TPSA) is 45.5 Å². The molecular formula is C27H24N2O2. The number of fused-ring (bicyclic) bond motifs is 3. The highest BCUT2D eigenvalue weighted by molar-refractivity contribution is 5.71. The lowest BCUT2D eigenvalue weighted by Crippen LogP contribution is -2.39. The summed E-state index contributed by atoms with van der Waals surface area (Å²) in [6.07, 6.45) is 0. The molecule has 0 aromatic heterocycles. The van der Waals surface area contributed by atoms with Gasteiger partial charge in [0.25, 0.3) is 0 Å². The third-order valence-corrected chi connectivity index (χ3v) is 6.41. The van der Waals surface area contributed by atoms with Gasteiger partial charge in [-0.05, 0) is 48.2 Å². The van der Waals surface area contributed by atoms with Gasteiger partial charge in [0.2, 0.25) is 5.88 Å².